The minimum atomic E-state index is -0.0794. The number of likely N-dealkylation sites (N-methyl/N-ethyl adjacent to an activating group) is 1. The molecule has 2 aromatic rings. The van der Waals surface area contributed by atoms with E-state index in [-0.39, 0.29) is 12.5 Å². The number of anilines is 1. The van der Waals surface area contributed by atoms with Crippen molar-refractivity contribution >= 4 is 11.6 Å². The summed E-state index contributed by atoms with van der Waals surface area (Å²) in [7, 11) is 5.15. The number of carbonyl (C=O) groups is 1. The van der Waals surface area contributed by atoms with E-state index < -0.39 is 0 Å². The van der Waals surface area contributed by atoms with E-state index in [0.29, 0.717) is 18.0 Å². The maximum absolute atomic E-state index is 12.3. The minimum Gasteiger partial charge on any atom is -0.497 e. The third kappa shape index (κ3) is 4.99. The van der Waals surface area contributed by atoms with Gasteiger partial charge < -0.3 is 14.8 Å². The van der Waals surface area contributed by atoms with Gasteiger partial charge in [-0.25, -0.2) is 0 Å². The topological polar surface area (TPSA) is 50.8 Å². The molecular formula is C19H24N2O3. The third-order valence-corrected chi connectivity index (χ3v) is 3.63. The van der Waals surface area contributed by atoms with Gasteiger partial charge >= 0.3 is 0 Å². The fourth-order valence-electron chi connectivity index (χ4n) is 2.49. The van der Waals surface area contributed by atoms with E-state index >= 15 is 0 Å². The number of hydrogen-bond donors (Lipinski definition) is 1. The van der Waals surface area contributed by atoms with Crippen LogP contribution in [0.3, 0.4) is 0 Å². The van der Waals surface area contributed by atoms with E-state index in [1.807, 2.05) is 61.3 Å². The molecule has 0 aliphatic heterocycles. The fraction of sp³-hybridized carbons (Fsp3) is 0.316. The van der Waals surface area contributed by atoms with Crippen molar-refractivity contribution in [3.05, 3.63) is 53.6 Å². The number of benzene rings is 2. The van der Waals surface area contributed by atoms with Gasteiger partial charge in [0.2, 0.25) is 5.91 Å². The summed E-state index contributed by atoms with van der Waals surface area (Å²) in [6.07, 6.45) is 0. The zero-order valence-corrected chi connectivity index (χ0v) is 14.6. The summed E-state index contributed by atoms with van der Waals surface area (Å²) < 4.78 is 10.5. The quantitative estimate of drug-likeness (QED) is 0.848. The number of methoxy groups -OCH3 is 2. The first-order chi connectivity index (χ1) is 11.5. The predicted molar refractivity (Wildman–Crippen MR) is 95.7 cm³/mol. The van der Waals surface area contributed by atoms with Gasteiger partial charge in [-0.2, -0.15) is 0 Å². The van der Waals surface area contributed by atoms with Crippen molar-refractivity contribution in [1.29, 1.82) is 0 Å². The average molecular weight is 328 g/mol. The highest BCUT2D eigenvalue weighted by Gasteiger charge is 2.11. The van der Waals surface area contributed by atoms with E-state index in [4.69, 9.17) is 9.47 Å². The molecule has 0 spiro atoms. The van der Waals surface area contributed by atoms with Gasteiger partial charge in [-0.15, -0.1) is 0 Å². The molecular weight excluding hydrogens is 304 g/mol. The Morgan fingerprint density at radius 1 is 1.12 bits per heavy atom. The molecule has 0 radical (unpaired) electrons. The number of nitrogens with zero attached hydrogens (tertiary/aromatic N) is 1. The molecule has 128 valence electrons. The molecule has 0 aliphatic rings. The van der Waals surface area contributed by atoms with Gasteiger partial charge in [0, 0.05) is 6.54 Å². The molecule has 0 aliphatic carbocycles. The Morgan fingerprint density at radius 2 is 1.92 bits per heavy atom. The predicted octanol–water partition coefficient (Wildman–Crippen LogP) is 3.08. The molecule has 0 saturated heterocycles. The smallest absolute Gasteiger partial charge is 0.238 e. The van der Waals surface area contributed by atoms with Crippen LogP contribution in [-0.2, 0) is 11.3 Å². The van der Waals surface area contributed by atoms with Gasteiger partial charge in [0.25, 0.3) is 0 Å². The summed E-state index contributed by atoms with van der Waals surface area (Å²) in [5.41, 5.74) is 2.85. The number of amides is 1. The molecule has 1 N–H and O–H groups in total. The normalized spacial score (nSPS) is 10.5. The zero-order valence-electron chi connectivity index (χ0n) is 14.6. The Hall–Kier alpha value is -2.53. The first kappa shape index (κ1) is 17.8. The minimum absolute atomic E-state index is 0.0794. The molecule has 0 atom stereocenters. The van der Waals surface area contributed by atoms with Crippen LogP contribution in [0.1, 0.15) is 11.1 Å². The second kappa shape index (κ2) is 8.36. The summed E-state index contributed by atoms with van der Waals surface area (Å²) in [6.45, 7) is 2.92. The molecule has 0 heterocycles. The van der Waals surface area contributed by atoms with Crippen molar-refractivity contribution in [1.82, 2.24) is 4.90 Å². The lowest BCUT2D eigenvalue weighted by molar-refractivity contribution is -0.117. The highest BCUT2D eigenvalue weighted by atomic mass is 16.5. The van der Waals surface area contributed by atoms with Crippen LogP contribution in [-0.4, -0.2) is 38.6 Å². The fourth-order valence-corrected chi connectivity index (χ4v) is 2.49. The van der Waals surface area contributed by atoms with Gasteiger partial charge in [0.05, 0.1) is 26.5 Å². The second-order valence-electron chi connectivity index (χ2n) is 5.78. The van der Waals surface area contributed by atoms with Crippen LogP contribution in [0.2, 0.25) is 0 Å². The highest BCUT2D eigenvalue weighted by molar-refractivity contribution is 5.93. The van der Waals surface area contributed by atoms with Crippen molar-refractivity contribution in [2.24, 2.45) is 0 Å². The molecule has 0 fully saturated rings. The van der Waals surface area contributed by atoms with Crippen LogP contribution in [0.5, 0.6) is 11.5 Å². The first-order valence-electron chi connectivity index (χ1n) is 7.78. The number of ether oxygens (including phenoxy) is 2. The molecule has 2 rings (SSSR count). The Kier molecular flexibility index (Phi) is 6.21. The largest absolute Gasteiger partial charge is 0.497 e. The van der Waals surface area contributed by atoms with Crippen molar-refractivity contribution in [3.63, 3.8) is 0 Å². The number of rotatable bonds is 7. The Labute approximate surface area is 143 Å². The molecule has 0 unspecified atom stereocenters. The van der Waals surface area contributed by atoms with E-state index in [1.54, 1.807) is 14.2 Å². The monoisotopic (exact) mass is 328 g/mol. The SMILES string of the molecule is COc1cccc(CN(C)CC(=O)Nc2cc(C)ccc2OC)c1. The third-order valence-electron chi connectivity index (χ3n) is 3.63. The number of nitrogens with one attached hydrogen (secondary N) is 1. The molecule has 1 amide bonds. The molecule has 5 nitrogen and oxygen atoms in total. The van der Waals surface area contributed by atoms with Crippen LogP contribution in [0, 0.1) is 6.92 Å². The summed E-state index contributed by atoms with van der Waals surface area (Å²) in [4.78, 5) is 14.2. The van der Waals surface area contributed by atoms with Gasteiger partial charge in [-0.1, -0.05) is 18.2 Å². The Balaban J connectivity index is 1.95. The molecule has 0 aromatic heterocycles. The van der Waals surface area contributed by atoms with Gasteiger partial charge in [0.15, 0.2) is 0 Å². The number of carbonyl (C=O) groups excluding carboxylic acids is 1. The second-order valence-corrected chi connectivity index (χ2v) is 5.78. The van der Waals surface area contributed by atoms with Crippen LogP contribution in [0.25, 0.3) is 0 Å². The zero-order chi connectivity index (χ0) is 17.5. The number of aryl methyl sites for hydroxylation is 1. The van der Waals surface area contributed by atoms with Crippen LogP contribution >= 0.6 is 0 Å². The maximum Gasteiger partial charge on any atom is 0.238 e. The summed E-state index contributed by atoms with van der Waals surface area (Å²) in [5.74, 6) is 1.39. The van der Waals surface area contributed by atoms with Crippen molar-refractivity contribution in [2.45, 2.75) is 13.5 Å². The molecule has 0 saturated carbocycles. The van der Waals surface area contributed by atoms with Gasteiger partial charge in [-0.3, -0.25) is 9.69 Å². The van der Waals surface area contributed by atoms with E-state index in [0.717, 1.165) is 16.9 Å². The maximum atomic E-state index is 12.3. The number of hydrogen-bond acceptors (Lipinski definition) is 4. The van der Waals surface area contributed by atoms with E-state index in [9.17, 15) is 4.79 Å². The highest BCUT2D eigenvalue weighted by Crippen LogP contribution is 2.25. The lowest BCUT2D eigenvalue weighted by atomic mass is 10.2. The molecule has 2 aromatic carbocycles. The Bertz CT molecular complexity index is 701. The molecule has 0 bridgehead atoms. The van der Waals surface area contributed by atoms with E-state index in [2.05, 4.69) is 5.32 Å². The van der Waals surface area contributed by atoms with Crippen molar-refractivity contribution in [3.8, 4) is 11.5 Å². The first-order valence-corrected chi connectivity index (χ1v) is 7.78. The molecule has 5 heteroatoms. The molecule has 24 heavy (non-hydrogen) atoms. The van der Waals surface area contributed by atoms with Crippen molar-refractivity contribution < 1.29 is 14.3 Å². The van der Waals surface area contributed by atoms with Gasteiger partial charge in [-0.05, 0) is 49.4 Å². The standard InChI is InChI=1S/C19H24N2O3/c1-14-8-9-18(24-4)17(10-14)20-19(22)13-21(2)12-15-6-5-7-16(11-15)23-3/h5-11H,12-13H2,1-4H3,(H,20,22). The van der Waals surface area contributed by atoms with Crippen molar-refractivity contribution in [2.75, 3.05) is 33.1 Å². The lowest BCUT2D eigenvalue weighted by Crippen LogP contribution is -2.30. The average Bonchev–Trinajstić information content (AvgIpc) is 2.55. The summed E-state index contributed by atoms with van der Waals surface area (Å²) in [5, 5.41) is 2.91. The summed E-state index contributed by atoms with van der Waals surface area (Å²) >= 11 is 0. The van der Waals surface area contributed by atoms with Gasteiger partial charge in [0.1, 0.15) is 11.5 Å². The van der Waals surface area contributed by atoms with Crippen LogP contribution in [0.15, 0.2) is 42.5 Å². The van der Waals surface area contributed by atoms with Crippen LogP contribution < -0.4 is 14.8 Å². The lowest BCUT2D eigenvalue weighted by Gasteiger charge is -2.17. The van der Waals surface area contributed by atoms with E-state index in [1.165, 1.54) is 0 Å². The Morgan fingerprint density at radius 3 is 2.62 bits per heavy atom. The van der Waals surface area contributed by atoms with Crippen LogP contribution in [0.4, 0.5) is 5.69 Å². The summed E-state index contributed by atoms with van der Waals surface area (Å²) in [6, 6.07) is 13.5.